The molecule has 0 aliphatic rings. The minimum atomic E-state index is -4.49. The highest BCUT2D eigenvalue weighted by molar-refractivity contribution is 7.17. The maximum absolute atomic E-state index is 13.2. The molecule has 0 unspecified atom stereocenters. The molecule has 0 spiro atoms. The zero-order chi connectivity index (χ0) is 24.7. The van der Waals surface area contributed by atoms with Gasteiger partial charge in [0, 0.05) is 23.2 Å². The summed E-state index contributed by atoms with van der Waals surface area (Å²) in [7, 11) is 0. The molecule has 0 aliphatic carbocycles. The van der Waals surface area contributed by atoms with Gasteiger partial charge >= 0.3 is 6.18 Å². The molecule has 4 heterocycles. The van der Waals surface area contributed by atoms with Crippen LogP contribution < -0.4 is 10.9 Å². The normalized spacial score (nSPS) is 12.7. The first-order valence-electron chi connectivity index (χ1n) is 10.6. The fraction of sp³-hybridized carbons (Fsp3) is 0.120. The number of pyridine rings is 3. The van der Waals surface area contributed by atoms with E-state index in [1.165, 1.54) is 34.2 Å². The van der Waals surface area contributed by atoms with E-state index in [2.05, 4.69) is 15.3 Å². The SMILES string of the molecule is C[C@H](NC(=O)c1cnc2c(c1)c1ccsc1c(=O)n2-c1ccc(C(F)(F)F)cc1)c1ccccn1. The van der Waals surface area contributed by atoms with Crippen LogP contribution in [-0.2, 0) is 6.18 Å². The van der Waals surface area contributed by atoms with Crippen molar-refractivity contribution in [2.75, 3.05) is 0 Å². The predicted octanol–water partition coefficient (Wildman–Crippen LogP) is 5.51. The van der Waals surface area contributed by atoms with Crippen LogP contribution in [0.15, 0.2) is 77.2 Å². The Morgan fingerprint density at radius 3 is 2.51 bits per heavy atom. The number of fused-ring (bicyclic) bond motifs is 3. The van der Waals surface area contributed by atoms with Crippen LogP contribution in [0, 0.1) is 0 Å². The highest BCUT2D eigenvalue weighted by Gasteiger charge is 2.30. The summed E-state index contributed by atoms with van der Waals surface area (Å²) in [5.41, 5.74) is 0.267. The number of nitrogens with zero attached hydrogens (tertiary/aromatic N) is 3. The Balaban J connectivity index is 1.60. The lowest BCUT2D eigenvalue weighted by Crippen LogP contribution is -2.27. The van der Waals surface area contributed by atoms with E-state index in [1.54, 1.807) is 35.8 Å². The predicted molar refractivity (Wildman–Crippen MR) is 128 cm³/mol. The Bertz CT molecular complexity index is 1610. The molecule has 0 saturated carbocycles. The zero-order valence-electron chi connectivity index (χ0n) is 18.2. The van der Waals surface area contributed by atoms with Gasteiger partial charge in [0.15, 0.2) is 0 Å². The van der Waals surface area contributed by atoms with Crippen LogP contribution in [0.4, 0.5) is 13.2 Å². The number of amides is 1. The average Bonchev–Trinajstić information content (AvgIpc) is 3.35. The molecule has 6 nitrogen and oxygen atoms in total. The van der Waals surface area contributed by atoms with Crippen LogP contribution in [0.25, 0.3) is 26.8 Å². The standard InChI is InChI=1S/C25H17F3N4O2S/c1-14(20-4-2-3-10-29-20)31-23(33)15-12-19-18-9-11-35-21(18)24(34)32(22(19)30-13-15)17-7-5-16(6-8-17)25(26,27)28/h2-14H,1H3,(H,31,33)/t14-/m0/s1. The van der Waals surface area contributed by atoms with Gasteiger partial charge in [0.2, 0.25) is 0 Å². The van der Waals surface area contributed by atoms with Gasteiger partial charge in [-0.15, -0.1) is 11.3 Å². The zero-order valence-corrected chi connectivity index (χ0v) is 19.0. The number of thiophene rings is 1. The monoisotopic (exact) mass is 494 g/mol. The summed E-state index contributed by atoms with van der Waals surface area (Å²) in [5.74, 6) is -0.367. The summed E-state index contributed by atoms with van der Waals surface area (Å²) in [5, 5.41) is 5.80. The first-order valence-corrected chi connectivity index (χ1v) is 11.4. The number of carbonyl (C=O) groups excluding carboxylic acids is 1. The second-order valence-corrected chi connectivity index (χ2v) is 8.81. The molecule has 1 amide bonds. The van der Waals surface area contributed by atoms with E-state index < -0.39 is 17.3 Å². The average molecular weight is 494 g/mol. The third kappa shape index (κ3) is 4.17. The Hall–Kier alpha value is -4.05. The number of hydrogen-bond acceptors (Lipinski definition) is 5. The highest BCUT2D eigenvalue weighted by Crippen LogP contribution is 2.31. The fourth-order valence-corrected chi connectivity index (χ4v) is 4.71. The summed E-state index contributed by atoms with van der Waals surface area (Å²) in [6, 6.07) is 12.8. The minimum Gasteiger partial charge on any atom is -0.344 e. The van der Waals surface area contributed by atoms with E-state index in [1.807, 2.05) is 13.0 Å². The van der Waals surface area contributed by atoms with Crippen molar-refractivity contribution in [3.63, 3.8) is 0 Å². The van der Waals surface area contributed by atoms with Crippen LogP contribution >= 0.6 is 11.3 Å². The van der Waals surface area contributed by atoms with Crippen LogP contribution in [0.1, 0.15) is 34.6 Å². The van der Waals surface area contributed by atoms with Gasteiger partial charge in [-0.05, 0) is 60.8 Å². The molecule has 10 heteroatoms. The summed E-state index contributed by atoms with van der Waals surface area (Å²) >= 11 is 1.22. The lowest BCUT2D eigenvalue weighted by molar-refractivity contribution is -0.137. The molecular formula is C25H17F3N4O2S. The van der Waals surface area contributed by atoms with Gasteiger partial charge in [0.25, 0.3) is 11.5 Å². The molecule has 176 valence electrons. The first-order chi connectivity index (χ1) is 16.7. The van der Waals surface area contributed by atoms with Crippen molar-refractivity contribution in [2.45, 2.75) is 19.1 Å². The molecule has 0 aliphatic heterocycles. The number of aromatic nitrogens is 3. The van der Waals surface area contributed by atoms with Gasteiger partial charge in [0.1, 0.15) is 10.3 Å². The summed E-state index contributed by atoms with van der Waals surface area (Å²) in [4.78, 5) is 34.8. The van der Waals surface area contributed by atoms with Crippen LogP contribution in [0.2, 0.25) is 0 Å². The molecule has 0 bridgehead atoms. The molecule has 4 aromatic heterocycles. The second-order valence-electron chi connectivity index (χ2n) is 7.89. The number of carbonyl (C=O) groups is 1. The largest absolute Gasteiger partial charge is 0.416 e. The molecule has 1 atom stereocenters. The molecule has 35 heavy (non-hydrogen) atoms. The van der Waals surface area contributed by atoms with E-state index >= 15 is 0 Å². The van der Waals surface area contributed by atoms with E-state index in [0.717, 1.165) is 12.1 Å². The van der Waals surface area contributed by atoms with Gasteiger partial charge in [-0.1, -0.05) is 6.07 Å². The number of rotatable bonds is 4. The van der Waals surface area contributed by atoms with Gasteiger partial charge < -0.3 is 5.32 Å². The number of nitrogens with one attached hydrogen (secondary N) is 1. The Labute approximate surface area is 200 Å². The van der Waals surface area contributed by atoms with Crippen molar-refractivity contribution < 1.29 is 18.0 Å². The van der Waals surface area contributed by atoms with Gasteiger partial charge in [-0.3, -0.25) is 19.1 Å². The van der Waals surface area contributed by atoms with E-state index in [0.29, 0.717) is 21.2 Å². The molecule has 0 saturated heterocycles. The maximum Gasteiger partial charge on any atom is 0.416 e. The lowest BCUT2D eigenvalue weighted by atomic mass is 10.1. The summed E-state index contributed by atoms with van der Waals surface area (Å²) < 4.78 is 40.7. The van der Waals surface area contributed by atoms with Gasteiger partial charge in [-0.25, -0.2) is 4.98 Å². The van der Waals surface area contributed by atoms with Crippen molar-refractivity contribution >= 4 is 38.4 Å². The van der Waals surface area contributed by atoms with Crippen molar-refractivity contribution in [3.05, 3.63) is 99.5 Å². The van der Waals surface area contributed by atoms with Crippen LogP contribution in [0.3, 0.4) is 0 Å². The molecular weight excluding hydrogens is 477 g/mol. The highest BCUT2D eigenvalue weighted by atomic mass is 32.1. The number of halogens is 3. The van der Waals surface area contributed by atoms with Crippen molar-refractivity contribution in [3.8, 4) is 5.69 Å². The summed E-state index contributed by atoms with van der Waals surface area (Å²) in [6.45, 7) is 1.81. The Morgan fingerprint density at radius 2 is 1.83 bits per heavy atom. The smallest absolute Gasteiger partial charge is 0.344 e. The molecule has 5 aromatic rings. The number of hydrogen-bond donors (Lipinski definition) is 1. The molecule has 0 radical (unpaired) electrons. The van der Waals surface area contributed by atoms with Crippen LogP contribution in [0.5, 0.6) is 0 Å². The third-order valence-corrected chi connectivity index (χ3v) is 6.53. The quantitative estimate of drug-likeness (QED) is 0.358. The summed E-state index contributed by atoms with van der Waals surface area (Å²) in [6.07, 6.45) is -1.50. The molecule has 5 rings (SSSR count). The van der Waals surface area contributed by atoms with Crippen LogP contribution in [-0.4, -0.2) is 20.4 Å². The molecule has 0 fully saturated rings. The van der Waals surface area contributed by atoms with E-state index in [-0.39, 0.29) is 28.8 Å². The maximum atomic E-state index is 13.2. The fourth-order valence-electron chi connectivity index (χ4n) is 3.87. The van der Waals surface area contributed by atoms with Crippen molar-refractivity contribution in [2.24, 2.45) is 0 Å². The molecule has 1 aromatic carbocycles. The second kappa shape index (κ2) is 8.62. The molecule has 1 N–H and O–H groups in total. The topological polar surface area (TPSA) is 76.9 Å². The first kappa shape index (κ1) is 22.7. The van der Waals surface area contributed by atoms with E-state index in [9.17, 15) is 22.8 Å². The van der Waals surface area contributed by atoms with Crippen molar-refractivity contribution in [1.29, 1.82) is 0 Å². The van der Waals surface area contributed by atoms with Crippen molar-refractivity contribution in [1.82, 2.24) is 19.9 Å². The Morgan fingerprint density at radius 1 is 1.06 bits per heavy atom. The van der Waals surface area contributed by atoms with E-state index in [4.69, 9.17) is 0 Å². The third-order valence-electron chi connectivity index (χ3n) is 5.63. The lowest BCUT2D eigenvalue weighted by Gasteiger charge is -2.15. The van der Waals surface area contributed by atoms with Gasteiger partial charge in [-0.2, -0.15) is 13.2 Å². The number of benzene rings is 1. The van der Waals surface area contributed by atoms with Gasteiger partial charge in [0.05, 0.1) is 28.6 Å². The number of alkyl halides is 3. The Kier molecular flexibility index (Phi) is 5.60. The minimum absolute atomic E-state index is 0.245.